The smallest absolute Gasteiger partial charge is 0.246 e. The minimum Gasteiger partial charge on any atom is -0.486 e. The van der Waals surface area contributed by atoms with Crippen LogP contribution in [0.1, 0.15) is 13.8 Å². The highest BCUT2D eigenvalue weighted by Gasteiger charge is 2.40. The molecule has 2 aliphatic rings. The average Bonchev–Trinajstić information content (AvgIpc) is 2.89. The number of nitrogens with zero attached hydrogens (tertiary/aromatic N) is 1. The Hall–Kier alpha value is -1.31. The monoisotopic (exact) mass is 326 g/mol. The van der Waals surface area contributed by atoms with E-state index < -0.39 is 10.0 Å². The number of rotatable bonds is 3. The molecule has 0 aliphatic carbocycles. The lowest BCUT2D eigenvalue weighted by Crippen LogP contribution is -2.33. The molecule has 2 N–H and O–H groups in total. The van der Waals surface area contributed by atoms with Crippen molar-refractivity contribution >= 4 is 10.0 Å². The molecule has 6 nitrogen and oxygen atoms in total. The lowest BCUT2D eigenvalue weighted by molar-refractivity contribution is 0.166. The third kappa shape index (κ3) is 2.57. The molecule has 2 aliphatic heterocycles. The van der Waals surface area contributed by atoms with E-state index in [1.165, 1.54) is 4.31 Å². The van der Waals surface area contributed by atoms with Gasteiger partial charge in [0.2, 0.25) is 10.0 Å². The molecule has 122 valence electrons. The van der Waals surface area contributed by atoms with Crippen LogP contribution in [0.25, 0.3) is 0 Å². The maximum atomic E-state index is 13.0. The first-order chi connectivity index (χ1) is 10.4. The van der Waals surface area contributed by atoms with E-state index in [-0.39, 0.29) is 16.9 Å². The van der Waals surface area contributed by atoms with Crippen molar-refractivity contribution in [2.24, 2.45) is 17.6 Å². The zero-order valence-corrected chi connectivity index (χ0v) is 13.7. The molecule has 1 fully saturated rings. The minimum absolute atomic E-state index is 0.133. The van der Waals surface area contributed by atoms with Crippen LogP contribution < -0.4 is 15.2 Å². The van der Waals surface area contributed by atoms with E-state index in [0.29, 0.717) is 43.7 Å². The summed E-state index contributed by atoms with van der Waals surface area (Å²) in [5, 5.41) is 0. The van der Waals surface area contributed by atoms with Gasteiger partial charge >= 0.3 is 0 Å². The molecule has 0 unspecified atom stereocenters. The summed E-state index contributed by atoms with van der Waals surface area (Å²) in [6.45, 7) is 5.72. The molecule has 0 amide bonds. The molecule has 3 rings (SSSR count). The van der Waals surface area contributed by atoms with E-state index in [0.717, 1.165) is 0 Å². The Morgan fingerprint density at radius 3 is 2.64 bits per heavy atom. The van der Waals surface area contributed by atoms with Gasteiger partial charge in [0.1, 0.15) is 18.1 Å². The Balaban J connectivity index is 1.95. The second-order valence-corrected chi connectivity index (χ2v) is 8.08. The van der Waals surface area contributed by atoms with Crippen molar-refractivity contribution in [1.82, 2.24) is 4.31 Å². The number of para-hydroxylation sites is 1. The van der Waals surface area contributed by atoms with Crippen molar-refractivity contribution in [2.45, 2.75) is 24.8 Å². The summed E-state index contributed by atoms with van der Waals surface area (Å²) in [5.41, 5.74) is 6.12. The third-order valence-corrected chi connectivity index (χ3v) is 6.24. The van der Waals surface area contributed by atoms with E-state index in [2.05, 4.69) is 13.8 Å². The van der Waals surface area contributed by atoms with Gasteiger partial charge in [-0.15, -0.1) is 0 Å². The second-order valence-electron chi connectivity index (χ2n) is 6.17. The molecule has 0 spiro atoms. The van der Waals surface area contributed by atoms with E-state index in [1.807, 2.05) is 0 Å². The first kappa shape index (κ1) is 15.6. The fourth-order valence-electron chi connectivity index (χ4n) is 3.11. The summed E-state index contributed by atoms with van der Waals surface area (Å²) in [7, 11) is -3.63. The maximum absolute atomic E-state index is 13.0. The van der Waals surface area contributed by atoms with Crippen LogP contribution >= 0.6 is 0 Å². The number of nitrogens with two attached hydrogens (primary N) is 1. The number of hydrogen-bond acceptors (Lipinski definition) is 5. The quantitative estimate of drug-likeness (QED) is 0.898. The lowest BCUT2D eigenvalue weighted by Gasteiger charge is -2.23. The zero-order chi connectivity index (χ0) is 15.9. The first-order valence-corrected chi connectivity index (χ1v) is 8.99. The molecule has 0 radical (unpaired) electrons. The van der Waals surface area contributed by atoms with Gasteiger partial charge in [0, 0.05) is 19.1 Å². The standard InChI is InChI=1S/C15H22N2O4S/c1-10(2)11-8-17(9-12(11)16)22(18,19)14-5-3-4-13-15(14)21-7-6-20-13/h3-5,10-12H,6-9,16H2,1-2H3/t11-,12+/m0/s1. The van der Waals surface area contributed by atoms with E-state index in [4.69, 9.17) is 15.2 Å². The largest absolute Gasteiger partial charge is 0.486 e. The lowest BCUT2D eigenvalue weighted by atomic mass is 9.92. The Morgan fingerprint density at radius 1 is 1.23 bits per heavy atom. The number of ether oxygens (including phenoxy) is 2. The topological polar surface area (TPSA) is 81.9 Å². The summed E-state index contributed by atoms with van der Waals surface area (Å²) < 4.78 is 38.4. The van der Waals surface area contributed by atoms with Gasteiger partial charge in [-0.05, 0) is 24.0 Å². The second kappa shape index (κ2) is 5.72. The number of hydrogen-bond donors (Lipinski definition) is 1. The highest BCUT2D eigenvalue weighted by Crippen LogP contribution is 2.39. The molecule has 1 saturated heterocycles. The van der Waals surface area contributed by atoms with Gasteiger partial charge in [-0.3, -0.25) is 0 Å². The fourth-order valence-corrected chi connectivity index (χ4v) is 4.77. The van der Waals surface area contributed by atoms with Gasteiger partial charge in [0.15, 0.2) is 11.5 Å². The highest BCUT2D eigenvalue weighted by molar-refractivity contribution is 7.89. The fraction of sp³-hybridized carbons (Fsp3) is 0.600. The first-order valence-electron chi connectivity index (χ1n) is 7.55. The van der Waals surface area contributed by atoms with Crippen molar-refractivity contribution in [3.63, 3.8) is 0 Å². The SMILES string of the molecule is CC(C)[C@@H]1CN(S(=O)(=O)c2cccc3c2OCCO3)C[C@H]1N. The highest BCUT2D eigenvalue weighted by atomic mass is 32.2. The molecule has 1 aromatic rings. The van der Waals surface area contributed by atoms with Crippen molar-refractivity contribution in [3.05, 3.63) is 18.2 Å². The summed E-state index contributed by atoms with van der Waals surface area (Å²) in [6, 6.07) is 4.83. The Morgan fingerprint density at radius 2 is 1.95 bits per heavy atom. The van der Waals surface area contributed by atoms with Gasteiger partial charge in [0.05, 0.1) is 0 Å². The normalized spacial score (nSPS) is 25.6. The van der Waals surface area contributed by atoms with Crippen LogP contribution in [-0.2, 0) is 10.0 Å². The molecule has 0 aromatic heterocycles. The molecule has 7 heteroatoms. The minimum atomic E-state index is -3.63. The van der Waals surface area contributed by atoms with Crippen molar-refractivity contribution in [2.75, 3.05) is 26.3 Å². The average molecular weight is 326 g/mol. The molecule has 0 bridgehead atoms. The number of benzene rings is 1. The Labute approximate surface area is 131 Å². The summed E-state index contributed by atoms with van der Waals surface area (Å²) in [5.74, 6) is 1.32. The van der Waals surface area contributed by atoms with Gasteiger partial charge in [0.25, 0.3) is 0 Å². The summed E-state index contributed by atoms with van der Waals surface area (Å²) in [6.07, 6.45) is 0. The van der Waals surface area contributed by atoms with Gasteiger partial charge in [-0.1, -0.05) is 19.9 Å². The van der Waals surface area contributed by atoms with Crippen LogP contribution in [0.5, 0.6) is 11.5 Å². The Bertz CT molecular complexity index is 660. The summed E-state index contributed by atoms with van der Waals surface area (Å²) in [4.78, 5) is 0.168. The number of sulfonamides is 1. The maximum Gasteiger partial charge on any atom is 0.246 e. The van der Waals surface area contributed by atoms with Crippen LogP contribution in [-0.4, -0.2) is 45.1 Å². The molecule has 22 heavy (non-hydrogen) atoms. The predicted molar refractivity (Wildman–Crippen MR) is 82.5 cm³/mol. The molecule has 2 heterocycles. The molecule has 1 aromatic carbocycles. The van der Waals surface area contributed by atoms with Gasteiger partial charge in [-0.2, -0.15) is 4.31 Å². The van der Waals surface area contributed by atoms with Crippen LogP contribution in [0.2, 0.25) is 0 Å². The Kier molecular flexibility index (Phi) is 4.05. The molecular formula is C15H22N2O4S. The van der Waals surface area contributed by atoms with E-state index in [1.54, 1.807) is 18.2 Å². The zero-order valence-electron chi connectivity index (χ0n) is 12.9. The van der Waals surface area contributed by atoms with Crippen LogP contribution in [0, 0.1) is 11.8 Å². The van der Waals surface area contributed by atoms with Crippen molar-refractivity contribution < 1.29 is 17.9 Å². The third-order valence-electron chi connectivity index (χ3n) is 4.38. The van der Waals surface area contributed by atoms with Crippen LogP contribution in [0.4, 0.5) is 0 Å². The summed E-state index contributed by atoms with van der Waals surface area (Å²) >= 11 is 0. The predicted octanol–water partition coefficient (Wildman–Crippen LogP) is 1.06. The van der Waals surface area contributed by atoms with Gasteiger partial charge < -0.3 is 15.2 Å². The van der Waals surface area contributed by atoms with Crippen LogP contribution in [0.15, 0.2) is 23.1 Å². The molecule has 2 atom stereocenters. The van der Waals surface area contributed by atoms with Crippen LogP contribution in [0.3, 0.4) is 0 Å². The molecular weight excluding hydrogens is 304 g/mol. The molecule has 0 saturated carbocycles. The van der Waals surface area contributed by atoms with E-state index in [9.17, 15) is 8.42 Å². The van der Waals surface area contributed by atoms with Gasteiger partial charge in [-0.25, -0.2) is 8.42 Å². The van der Waals surface area contributed by atoms with Crippen molar-refractivity contribution in [1.29, 1.82) is 0 Å². The van der Waals surface area contributed by atoms with Crippen molar-refractivity contribution in [3.8, 4) is 11.5 Å². The van der Waals surface area contributed by atoms with E-state index >= 15 is 0 Å². The number of fused-ring (bicyclic) bond motifs is 1.